The second-order valence-electron chi connectivity index (χ2n) is 6.47. The van der Waals surface area contributed by atoms with Gasteiger partial charge in [-0.15, -0.1) is 0 Å². The molecule has 0 aliphatic heterocycles. The zero-order valence-corrected chi connectivity index (χ0v) is 18.2. The molecule has 0 fully saturated rings. The third-order valence-electron chi connectivity index (χ3n) is 4.31. The van der Waals surface area contributed by atoms with E-state index in [0.29, 0.717) is 17.8 Å². The maximum Gasteiger partial charge on any atom is 0.417 e. The average Bonchev–Trinajstić information content (AvgIpc) is 2.72. The molecular formula is C20H13Cl2F3N2O4S. The van der Waals surface area contributed by atoms with Crippen molar-refractivity contribution in [2.75, 3.05) is 4.31 Å². The van der Waals surface area contributed by atoms with E-state index in [1.807, 2.05) is 0 Å². The number of halogens is 5. The van der Waals surface area contributed by atoms with Crippen LogP contribution < -0.4 is 4.31 Å². The van der Waals surface area contributed by atoms with E-state index in [1.54, 1.807) is 30.3 Å². The third kappa shape index (κ3) is 4.98. The number of rotatable bonds is 6. The predicted octanol–water partition coefficient (Wildman–Crippen LogP) is 5.50. The van der Waals surface area contributed by atoms with Crippen LogP contribution in [0.15, 0.2) is 65.7 Å². The summed E-state index contributed by atoms with van der Waals surface area (Å²) in [7, 11) is -4.46. The molecule has 3 aromatic rings. The summed E-state index contributed by atoms with van der Waals surface area (Å²) >= 11 is 11.9. The number of benzene rings is 2. The van der Waals surface area contributed by atoms with Crippen LogP contribution in [0.3, 0.4) is 0 Å². The molecule has 3 rings (SSSR count). The van der Waals surface area contributed by atoms with E-state index in [2.05, 4.69) is 4.98 Å². The number of carboxylic acids is 1. The topological polar surface area (TPSA) is 87.6 Å². The normalized spacial score (nSPS) is 11.9. The van der Waals surface area contributed by atoms with Crippen LogP contribution in [0, 0.1) is 0 Å². The Labute approximate surface area is 190 Å². The molecule has 1 N–H and O–H groups in total. The molecule has 1 aromatic heterocycles. The summed E-state index contributed by atoms with van der Waals surface area (Å²) in [5.74, 6) is -1.78. The Hall–Kier alpha value is -2.82. The maximum absolute atomic E-state index is 13.4. The van der Waals surface area contributed by atoms with Gasteiger partial charge in [-0.25, -0.2) is 22.5 Å². The summed E-state index contributed by atoms with van der Waals surface area (Å²) in [4.78, 5) is 14.5. The Bertz CT molecular complexity index is 1270. The summed E-state index contributed by atoms with van der Waals surface area (Å²) in [5, 5.41) is 8.24. The molecular weight excluding hydrogens is 492 g/mol. The van der Waals surface area contributed by atoms with Gasteiger partial charge in [0.15, 0.2) is 5.82 Å². The Kier molecular flexibility index (Phi) is 6.68. The van der Waals surface area contributed by atoms with E-state index in [4.69, 9.17) is 28.3 Å². The van der Waals surface area contributed by atoms with Gasteiger partial charge in [0.2, 0.25) is 0 Å². The van der Waals surface area contributed by atoms with Gasteiger partial charge in [0.25, 0.3) is 10.0 Å². The van der Waals surface area contributed by atoms with Crippen LogP contribution in [0.1, 0.15) is 21.5 Å². The molecule has 0 unspecified atom stereocenters. The molecule has 2 aromatic carbocycles. The van der Waals surface area contributed by atoms with Crippen LogP contribution in [0.2, 0.25) is 10.0 Å². The van der Waals surface area contributed by atoms with Crippen LogP contribution in [0.25, 0.3) is 0 Å². The van der Waals surface area contributed by atoms with E-state index < -0.39 is 38.6 Å². The van der Waals surface area contributed by atoms with E-state index in [0.717, 1.165) is 22.5 Å². The van der Waals surface area contributed by atoms with Gasteiger partial charge in [-0.05, 0) is 29.8 Å². The van der Waals surface area contributed by atoms with E-state index >= 15 is 0 Å². The molecule has 0 saturated carbocycles. The minimum absolute atomic E-state index is 0.306. The summed E-state index contributed by atoms with van der Waals surface area (Å²) in [5.41, 5.74) is -0.954. The molecule has 0 aliphatic carbocycles. The highest BCUT2D eigenvalue weighted by Gasteiger charge is 2.34. The molecule has 0 spiro atoms. The lowest BCUT2D eigenvalue weighted by Crippen LogP contribution is -2.32. The summed E-state index contributed by atoms with van der Waals surface area (Å²) < 4.78 is 66.5. The number of carboxylic acid groups (broad SMARTS) is 1. The fourth-order valence-electron chi connectivity index (χ4n) is 2.75. The summed E-state index contributed by atoms with van der Waals surface area (Å²) in [6, 6.07) is 11.8. The van der Waals surface area contributed by atoms with Crippen LogP contribution in [-0.4, -0.2) is 24.5 Å². The van der Waals surface area contributed by atoms with Gasteiger partial charge in [0.1, 0.15) is 0 Å². The zero-order chi connectivity index (χ0) is 23.7. The first-order valence-electron chi connectivity index (χ1n) is 8.73. The van der Waals surface area contributed by atoms with Crippen molar-refractivity contribution in [3.63, 3.8) is 0 Å². The first-order valence-corrected chi connectivity index (χ1v) is 10.9. The Morgan fingerprint density at radius 1 is 1.03 bits per heavy atom. The van der Waals surface area contributed by atoms with Crippen LogP contribution >= 0.6 is 23.2 Å². The molecule has 6 nitrogen and oxygen atoms in total. The van der Waals surface area contributed by atoms with E-state index in [-0.39, 0.29) is 22.0 Å². The first kappa shape index (κ1) is 23.8. The Morgan fingerprint density at radius 3 is 2.22 bits per heavy atom. The molecule has 0 amide bonds. The van der Waals surface area contributed by atoms with Crippen molar-refractivity contribution >= 4 is 45.0 Å². The van der Waals surface area contributed by atoms with Gasteiger partial charge in [-0.1, -0.05) is 53.5 Å². The average molecular weight is 505 g/mol. The number of carbonyl (C=O) groups is 1. The Balaban J connectivity index is 2.15. The number of sulfonamides is 1. The summed E-state index contributed by atoms with van der Waals surface area (Å²) in [6.45, 7) is -0.306. The lowest BCUT2D eigenvalue weighted by Gasteiger charge is -2.25. The standard InChI is InChI=1S/C20H13Cl2F3N2O4S/c21-16-9-14(6-7-15(16)19(28)29)32(30,31)27(11-12-4-2-1-3-5-12)18-17(22)8-13(10-26-18)20(23,24)25/h1-10H,11H2,(H,28,29). The number of aromatic carboxylic acids is 1. The fraction of sp³-hybridized carbons (Fsp3) is 0.100. The second kappa shape index (κ2) is 8.97. The highest BCUT2D eigenvalue weighted by molar-refractivity contribution is 7.92. The lowest BCUT2D eigenvalue weighted by atomic mass is 10.2. The van der Waals surface area contributed by atoms with Gasteiger partial charge in [0.05, 0.1) is 32.6 Å². The molecule has 168 valence electrons. The van der Waals surface area contributed by atoms with Crippen molar-refractivity contribution in [3.05, 3.63) is 87.5 Å². The molecule has 0 bridgehead atoms. The number of alkyl halides is 3. The molecule has 12 heteroatoms. The summed E-state index contributed by atoms with van der Waals surface area (Å²) in [6.07, 6.45) is -4.24. The van der Waals surface area contributed by atoms with Crippen molar-refractivity contribution in [2.24, 2.45) is 0 Å². The fourth-order valence-corrected chi connectivity index (χ4v) is 4.85. The van der Waals surface area contributed by atoms with Gasteiger partial charge >= 0.3 is 12.1 Å². The number of nitrogens with zero attached hydrogens (tertiary/aromatic N) is 2. The zero-order valence-electron chi connectivity index (χ0n) is 15.8. The van der Waals surface area contributed by atoms with Crippen molar-refractivity contribution in [1.82, 2.24) is 4.98 Å². The van der Waals surface area contributed by atoms with Gasteiger partial charge in [-0.3, -0.25) is 0 Å². The van der Waals surface area contributed by atoms with E-state index in [9.17, 15) is 26.4 Å². The molecule has 0 saturated heterocycles. The largest absolute Gasteiger partial charge is 0.478 e. The number of anilines is 1. The second-order valence-corrected chi connectivity index (χ2v) is 9.15. The van der Waals surface area contributed by atoms with Crippen molar-refractivity contribution in [2.45, 2.75) is 17.6 Å². The van der Waals surface area contributed by atoms with Crippen LogP contribution in [0.4, 0.5) is 19.0 Å². The van der Waals surface area contributed by atoms with Crippen molar-refractivity contribution < 1.29 is 31.5 Å². The van der Waals surface area contributed by atoms with Crippen LogP contribution in [-0.2, 0) is 22.7 Å². The monoisotopic (exact) mass is 504 g/mol. The maximum atomic E-state index is 13.4. The first-order chi connectivity index (χ1) is 14.9. The van der Waals surface area contributed by atoms with Crippen molar-refractivity contribution in [3.8, 4) is 0 Å². The number of hydrogen-bond donors (Lipinski definition) is 1. The predicted molar refractivity (Wildman–Crippen MR) is 112 cm³/mol. The minimum Gasteiger partial charge on any atom is -0.478 e. The Morgan fingerprint density at radius 2 is 1.69 bits per heavy atom. The third-order valence-corrected chi connectivity index (χ3v) is 6.64. The van der Waals surface area contributed by atoms with Gasteiger partial charge in [0, 0.05) is 6.20 Å². The molecule has 32 heavy (non-hydrogen) atoms. The van der Waals surface area contributed by atoms with Crippen LogP contribution in [0.5, 0.6) is 0 Å². The smallest absolute Gasteiger partial charge is 0.417 e. The van der Waals surface area contributed by atoms with Gasteiger partial charge in [-0.2, -0.15) is 13.2 Å². The van der Waals surface area contributed by atoms with Gasteiger partial charge < -0.3 is 5.11 Å². The lowest BCUT2D eigenvalue weighted by molar-refractivity contribution is -0.137. The van der Waals surface area contributed by atoms with E-state index in [1.165, 1.54) is 0 Å². The molecule has 0 radical (unpaired) electrons. The van der Waals surface area contributed by atoms with Crippen molar-refractivity contribution in [1.29, 1.82) is 0 Å². The highest BCUT2D eigenvalue weighted by atomic mass is 35.5. The highest BCUT2D eigenvalue weighted by Crippen LogP contribution is 2.36. The molecule has 0 aliphatic rings. The minimum atomic E-state index is -4.72. The SMILES string of the molecule is O=C(O)c1ccc(S(=O)(=O)N(Cc2ccccc2)c2ncc(C(F)(F)F)cc2Cl)cc1Cl. The number of pyridine rings is 1. The molecule has 0 atom stereocenters. The molecule has 1 heterocycles. The number of hydrogen-bond acceptors (Lipinski definition) is 4. The quantitative estimate of drug-likeness (QED) is 0.478. The number of aromatic nitrogens is 1.